The van der Waals surface area contributed by atoms with Gasteiger partial charge < -0.3 is 10.6 Å². The number of hydrogen-bond donors (Lipinski definition) is 1. The zero-order valence-electron chi connectivity index (χ0n) is 9.46. The maximum absolute atomic E-state index is 11.7. The average molecular weight is 236 g/mol. The third-order valence-electron chi connectivity index (χ3n) is 2.75. The number of carbonyl (C=O) groups excluding carboxylic acids is 2. The van der Waals surface area contributed by atoms with Gasteiger partial charge in [-0.15, -0.1) is 0 Å². The number of thiocarbonyl (C=S) groups is 1. The normalized spacial score (nSPS) is 25.7. The van der Waals surface area contributed by atoms with Crippen LogP contribution in [0.4, 0.5) is 0 Å². The van der Waals surface area contributed by atoms with Crippen LogP contribution in [0.15, 0.2) is 0 Å². The predicted octanol–water partition coefficient (Wildman–Crippen LogP) is -1.64. The smallest absolute Gasteiger partial charge is 0.418 e. The first-order chi connectivity index (χ1) is 6.45. The summed E-state index contributed by atoms with van der Waals surface area (Å²) in [5.41, 5.74) is -1.03. The van der Waals surface area contributed by atoms with E-state index in [9.17, 15) is 9.59 Å². The molecule has 2 amide bonds. The van der Waals surface area contributed by atoms with Gasteiger partial charge in [0, 0.05) is 5.11 Å². The first kappa shape index (κ1) is 15.0. The summed E-state index contributed by atoms with van der Waals surface area (Å²) < 4.78 is 0. The van der Waals surface area contributed by atoms with Gasteiger partial charge in [0.2, 0.25) is 0 Å². The van der Waals surface area contributed by atoms with E-state index in [-0.39, 0.29) is 46.5 Å². The van der Waals surface area contributed by atoms with Gasteiger partial charge in [-0.2, -0.15) is 0 Å². The van der Waals surface area contributed by atoms with Gasteiger partial charge in [-0.05, 0) is 12.3 Å². The first-order valence-electron chi connectivity index (χ1n) is 4.56. The van der Waals surface area contributed by atoms with Gasteiger partial charge >= 0.3 is 29.6 Å². The van der Waals surface area contributed by atoms with Crippen LogP contribution in [0.25, 0.3) is 5.32 Å². The Morgan fingerprint density at radius 2 is 2.00 bits per heavy atom. The van der Waals surface area contributed by atoms with Crippen molar-refractivity contribution in [1.82, 2.24) is 5.32 Å². The van der Waals surface area contributed by atoms with E-state index in [1.54, 1.807) is 6.92 Å². The zero-order valence-corrected chi connectivity index (χ0v) is 12.3. The molecule has 0 aromatic heterocycles. The molecule has 1 fully saturated rings. The fourth-order valence-corrected chi connectivity index (χ4v) is 1.93. The number of amides is 2. The van der Waals surface area contributed by atoms with Gasteiger partial charge in [0.05, 0.1) is 5.41 Å². The zero-order chi connectivity index (χ0) is 10.9. The molecule has 0 bridgehead atoms. The first-order valence-corrected chi connectivity index (χ1v) is 4.97. The molecule has 0 saturated carbocycles. The monoisotopic (exact) mass is 236 g/mol. The molecular formula is C9H13N2NaO2S. The minimum atomic E-state index is -1.03. The quantitative estimate of drug-likeness (QED) is 0.355. The van der Waals surface area contributed by atoms with Crippen molar-refractivity contribution >= 4 is 29.1 Å². The van der Waals surface area contributed by atoms with Gasteiger partial charge in [0.25, 0.3) is 0 Å². The van der Waals surface area contributed by atoms with Crippen molar-refractivity contribution in [1.29, 1.82) is 0 Å². The van der Waals surface area contributed by atoms with Crippen molar-refractivity contribution in [2.45, 2.75) is 27.2 Å². The fourth-order valence-electron chi connectivity index (χ4n) is 1.75. The van der Waals surface area contributed by atoms with Gasteiger partial charge in [0.1, 0.15) is 0 Å². The van der Waals surface area contributed by atoms with Crippen LogP contribution in [0.5, 0.6) is 0 Å². The van der Waals surface area contributed by atoms with Crippen molar-refractivity contribution in [2.75, 3.05) is 0 Å². The molecule has 0 radical (unpaired) electrons. The molecule has 1 unspecified atom stereocenters. The Balaban J connectivity index is 0.00000196. The molecule has 0 aromatic carbocycles. The van der Waals surface area contributed by atoms with Gasteiger partial charge in [-0.3, -0.25) is 9.59 Å². The number of rotatable bonds is 2. The summed E-state index contributed by atoms with van der Waals surface area (Å²) in [6, 6.07) is 0. The summed E-state index contributed by atoms with van der Waals surface area (Å²) in [6.07, 6.45) is 0.446. The third kappa shape index (κ3) is 2.41. The molecule has 6 heteroatoms. The molecule has 15 heavy (non-hydrogen) atoms. The number of hydrogen-bond acceptors (Lipinski definition) is 3. The number of nitrogens with zero attached hydrogens (tertiary/aromatic N) is 1. The van der Waals surface area contributed by atoms with Crippen LogP contribution in [0.1, 0.15) is 27.2 Å². The van der Waals surface area contributed by atoms with E-state index in [2.05, 4.69) is 22.9 Å². The molecule has 0 spiro atoms. The second-order valence-electron chi connectivity index (χ2n) is 3.66. The Morgan fingerprint density at radius 3 is 2.33 bits per heavy atom. The van der Waals surface area contributed by atoms with Crippen LogP contribution < -0.4 is 34.9 Å². The summed E-state index contributed by atoms with van der Waals surface area (Å²) >= 11 is 4.68. The van der Waals surface area contributed by atoms with Crippen molar-refractivity contribution in [3.8, 4) is 0 Å². The van der Waals surface area contributed by atoms with Crippen LogP contribution in [0, 0.1) is 11.3 Å². The summed E-state index contributed by atoms with van der Waals surface area (Å²) in [6.45, 7) is 5.48. The van der Waals surface area contributed by atoms with Crippen molar-refractivity contribution in [3.63, 3.8) is 0 Å². The summed E-state index contributed by atoms with van der Waals surface area (Å²) in [4.78, 5) is 23.4. The molecule has 0 aromatic rings. The van der Waals surface area contributed by atoms with Crippen molar-refractivity contribution in [2.24, 2.45) is 11.3 Å². The van der Waals surface area contributed by atoms with Crippen molar-refractivity contribution in [3.05, 3.63) is 5.32 Å². The minimum Gasteiger partial charge on any atom is -0.418 e. The summed E-state index contributed by atoms with van der Waals surface area (Å²) in [7, 11) is 0. The van der Waals surface area contributed by atoms with E-state index in [1.165, 1.54) is 0 Å². The second-order valence-corrected chi connectivity index (χ2v) is 4.04. The molecule has 1 saturated heterocycles. The molecule has 1 aliphatic heterocycles. The average Bonchev–Trinajstić information content (AvgIpc) is 2.03. The Kier molecular flexibility index (Phi) is 5.40. The van der Waals surface area contributed by atoms with Crippen LogP contribution in [0.2, 0.25) is 0 Å². The van der Waals surface area contributed by atoms with Gasteiger partial charge in [-0.1, -0.05) is 33.0 Å². The van der Waals surface area contributed by atoms with E-state index < -0.39 is 11.3 Å². The van der Waals surface area contributed by atoms with Crippen molar-refractivity contribution < 1.29 is 39.1 Å². The van der Waals surface area contributed by atoms with E-state index in [1.807, 2.05) is 13.8 Å². The van der Waals surface area contributed by atoms with Crippen LogP contribution in [-0.4, -0.2) is 16.9 Å². The SMILES string of the molecule is CCC1(C(C)C)C(=O)[N-]C(=S)NC1=O.[Na+]. The Hall–Kier alpha value is 0.0300. The van der Waals surface area contributed by atoms with Crippen LogP contribution in [-0.2, 0) is 9.59 Å². The Morgan fingerprint density at radius 1 is 1.47 bits per heavy atom. The van der Waals surface area contributed by atoms with E-state index in [0.717, 1.165) is 0 Å². The molecule has 78 valence electrons. The molecule has 1 rings (SSSR count). The molecule has 1 N–H and O–H groups in total. The van der Waals surface area contributed by atoms with Crippen LogP contribution >= 0.6 is 12.2 Å². The summed E-state index contributed by atoms with van der Waals surface area (Å²) in [5, 5.41) is 6.05. The topological polar surface area (TPSA) is 60.3 Å². The largest absolute Gasteiger partial charge is 1.00 e. The maximum atomic E-state index is 11.7. The minimum absolute atomic E-state index is 0. The molecule has 1 heterocycles. The molecule has 0 aliphatic carbocycles. The molecular weight excluding hydrogens is 223 g/mol. The standard InChI is InChI=1S/C9H14N2O2S.Na/c1-4-9(5(2)3)6(12)10-8(14)11-7(9)13;/h5H,4H2,1-3H3,(H2,10,11,12,13,14);/q;+1/p-1. The Labute approximate surface area is 117 Å². The third-order valence-corrected chi connectivity index (χ3v) is 2.95. The summed E-state index contributed by atoms with van der Waals surface area (Å²) in [5.74, 6) is -0.810. The second kappa shape index (κ2) is 5.39. The van der Waals surface area contributed by atoms with E-state index in [4.69, 9.17) is 0 Å². The number of carbonyl (C=O) groups is 2. The predicted molar refractivity (Wildman–Crippen MR) is 56.7 cm³/mol. The van der Waals surface area contributed by atoms with Gasteiger partial charge in [-0.25, -0.2) is 0 Å². The van der Waals surface area contributed by atoms with Gasteiger partial charge in [0.15, 0.2) is 11.8 Å². The van der Waals surface area contributed by atoms with Crippen LogP contribution in [0.3, 0.4) is 0 Å². The number of nitrogens with one attached hydrogen (secondary N) is 1. The molecule has 1 aliphatic rings. The van der Waals surface area contributed by atoms with E-state index in [0.29, 0.717) is 6.42 Å². The maximum Gasteiger partial charge on any atom is 1.00 e. The molecule has 1 atom stereocenters. The van der Waals surface area contributed by atoms with E-state index >= 15 is 0 Å². The fraction of sp³-hybridized carbons (Fsp3) is 0.667. The Bertz CT molecular complexity index is 284. The molecule has 4 nitrogen and oxygen atoms in total.